The molecule has 1 aromatic heterocycles. The summed E-state index contributed by atoms with van der Waals surface area (Å²) in [5.74, 6) is -0.961. The van der Waals surface area contributed by atoms with Gasteiger partial charge in [0.1, 0.15) is 12.7 Å². The largest absolute Gasteiger partial charge is 0.458 e. The van der Waals surface area contributed by atoms with Crippen molar-refractivity contribution in [3.63, 3.8) is 0 Å². The predicted octanol–water partition coefficient (Wildman–Crippen LogP) is 7.09. The summed E-state index contributed by atoms with van der Waals surface area (Å²) in [7, 11) is 0. The molecule has 0 saturated carbocycles. The number of likely N-dealkylation sites (tertiary alicyclic amines) is 1. The molecular weight excluding hydrogens is 546 g/mol. The molecule has 1 saturated heterocycles. The van der Waals surface area contributed by atoms with E-state index in [1.54, 1.807) is 4.90 Å². The van der Waals surface area contributed by atoms with E-state index in [0.717, 1.165) is 33.3 Å². The van der Waals surface area contributed by atoms with Gasteiger partial charge in [-0.05, 0) is 34.9 Å². The lowest BCUT2D eigenvalue weighted by atomic mass is 9.84. The summed E-state index contributed by atoms with van der Waals surface area (Å²) in [5, 5.41) is 12.1. The average Bonchev–Trinajstić information content (AvgIpc) is 3.44. The summed E-state index contributed by atoms with van der Waals surface area (Å²) in [4.78, 5) is 42.4. The number of carbonyl (C=O) groups is 2. The van der Waals surface area contributed by atoms with E-state index < -0.39 is 23.1 Å². The number of para-hydroxylation sites is 1. The number of nitrogens with one attached hydrogen (secondary N) is 1. The van der Waals surface area contributed by atoms with Crippen molar-refractivity contribution in [1.82, 2.24) is 9.88 Å². The van der Waals surface area contributed by atoms with Crippen LogP contribution in [0.2, 0.25) is 0 Å². The highest BCUT2D eigenvalue weighted by molar-refractivity contribution is 5.92. The Bertz CT molecular complexity index is 1750. The van der Waals surface area contributed by atoms with Gasteiger partial charge in [0, 0.05) is 48.5 Å². The van der Waals surface area contributed by atoms with E-state index in [9.17, 15) is 19.7 Å². The Labute approximate surface area is 247 Å². The maximum absolute atomic E-state index is 13.3. The van der Waals surface area contributed by atoms with Crippen molar-refractivity contribution in [3.8, 4) is 11.3 Å². The third-order valence-corrected chi connectivity index (χ3v) is 7.76. The first-order valence-electron chi connectivity index (χ1n) is 14.0. The first kappa shape index (κ1) is 27.7. The van der Waals surface area contributed by atoms with E-state index in [0.29, 0.717) is 13.0 Å². The molecule has 2 heterocycles. The number of carbonyl (C=O) groups excluding carboxylic acids is 2. The Morgan fingerprint density at radius 3 is 2.28 bits per heavy atom. The monoisotopic (exact) mass is 575 g/mol. The number of benzene rings is 4. The summed E-state index contributed by atoms with van der Waals surface area (Å²) >= 11 is 0. The maximum Gasteiger partial charge on any atom is 0.410 e. The number of amides is 1. The average molecular weight is 576 g/mol. The number of hydrogen-bond donors (Lipinski definition) is 1. The van der Waals surface area contributed by atoms with Crippen LogP contribution in [0.15, 0.2) is 109 Å². The summed E-state index contributed by atoms with van der Waals surface area (Å²) in [6.45, 7) is 0.765. The van der Waals surface area contributed by atoms with E-state index in [1.165, 1.54) is 24.3 Å². The number of ether oxygens (including phenoxy) is 2. The SMILES string of the molecule is O=C(OC1CCN(C(=O)OCc2ccccc2)CC1c1c(-c2ccccc2)[nH]c2ccccc12)c1ccc([N+](=O)[O-])cc1. The van der Waals surface area contributed by atoms with Crippen LogP contribution in [0.25, 0.3) is 22.2 Å². The summed E-state index contributed by atoms with van der Waals surface area (Å²) in [5.41, 5.74) is 4.74. The Balaban J connectivity index is 1.34. The molecule has 1 aliphatic heterocycles. The molecule has 2 unspecified atom stereocenters. The number of fused-ring (bicyclic) bond motifs is 1. The molecule has 4 aromatic carbocycles. The number of nitrogens with zero attached hydrogens (tertiary/aromatic N) is 2. The normalized spacial score (nSPS) is 16.5. The topological polar surface area (TPSA) is 115 Å². The molecule has 43 heavy (non-hydrogen) atoms. The second-order valence-electron chi connectivity index (χ2n) is 10.5. The van der Waals surface area contributed by atoms with E-state index in [-0.39, 0.29) is 30.3 Å². The van der Waals surface area contributed by atoms with E-state index >= 15 is 0 Å². The lowest BCUT2D eigenvalue weighted by molar-refractivity contribution is -0.384. The van der Waals surface area contributed by atoms with Crippen LogP contribution >= 0.6 is 0 Å². The second-order valence-corrected chi connectivity index (χ2v) is 10.5. The molecule has 5 aromatic rings. The number of esters is 1. The summed E-state index contributed by atoms with van der Waals surface area (Å²) < 4.78 is 11.8. The van der Waals surface area contributed by atoms with Gasteiger partial charge in [0.05, 0.1) is 16.2 Å². The van der Waals surface area contributed by atoms with Crippen molar-refractivity contribution < 1.29 is 24.0 Å². The first-order chi connectivity index (χ1) is 21.0. The minimum atomic E-state index is -0.578. The molecule has 9 nitrogen and oxygen atoms in total. The number of aromatic nitrogens is 1. The number of aromatic amines is 1. The number of nitro benzene ring substituents is 1. The van der Waals surface area contributed by atoms with Gasteiger partial charge in [0.25, 0.3) is 5.69 Å². The molecule has 0 bridgehead atoms. The lowest BCUT2D eigenvalue weighted by Crippen LogP contribution is -2.46. The molecular formula is C34H29N3O6. The molecule has 1 N–H and O–H groups in total. The molecule has 0 radical (unpaired) electrons. The Hall–Kier alpha value is -5.44. The molecule has 0 aliphatic carbocycles. The van der Waals surface area contributed by atoms with Crippen LogP contribution in [0.4, 0.5) is 10.5 Å². The van der Waals surface area contributed by atoms with Crippen molar-refractivity contribution in [2.24, 2.45) is 0 Å². The Morgan fingerprint density at radius 1 is 0.884 bits per heavy atom. The molecule has 1 fully saturated rings. The van der Waals surface area contributed by atoms with Gasteiger partial charge in [-0.1, -0.05) is 78.9 Å². The Kier molecular flexibility index (Phi) is 7.86. The lowest BCUT2D eigenvalue weighted by Gasteiger charge is -2.38. The standard InChI is InChI=1S/C34H29N3O6/c38-33(25-15-17-26(18-16-25)37(40)41)43-30-19-20-36(34(39)42-22-23-9-3-1-4-10-23)21-28(30)31-27-13-7-8-14-29(27)35-32(31)24-11-5-2-6-12-24/h1-18,28,30,35H,19-22H2. The van der Waals surface area contributed by atoms with Crippen molar-refractivity contribution in [2.75, 3.05) is 13.1 Å². The summed E-state index contributed by atoms with van der Waals surface area (Å²) in [6, 6.07) is 32.7. The van der Waals surface area contributed by atoms with Crippen LogP contribution in [-0.2, 0) is 16.1 Å². The van der Waals surface area contributed by atoms with Gasteiger partial charge >= 0.3 is 12.1 Å². The third kappa shape index (κ3) is 5.97. The molecule has 0 spiro atoms. The van der Waals surface area contributed by atoms with Crippen LogP contribution in [-0.4, -0.2) is 46.1 Å². The zero-order valence-electron chi connectivity index (χ0n) is 23.2. The van der Waals surface area contributed by atoms with Crippen molar-refractivity contribution in [3.05, 3.63) is 136 Å². The first-order valence-corrected chi connectivity index (χ1v) is 14.0. The number of nitro groups is 1. The van der Waals surface area contributed by atoms with Crippen LogP contribution in [0.5, 0.6) is 0 Å². The van der Waals surface area contributed by atoms with Gasteiger partial charge in [-0.15, -0.1) is 0 Å². The Morgan fingerprint density at radius 2 is 1.56 bits per heavy atom. The molecule has 216 valence electrons. The second kappa shape index (κ2) is 12.2. The molecule has 1 amide bonds. The number of rotatable bonds is 7. The number of hydrogen-bond acceptors (Lipinski definition) is 6. The van der Waals surface area contributed by atoms with Crippen LogP contribution < -0.4 is 0 Å². The fourth-order valence-electron chi connectivity index (χ4n) is 5.63. The van der Waals surface area contributed by atoms with E-state index in [2.05, 4.69) is 4.98 Å². The van der Waals surface area contributed by atoms with Gasteiger partial charge in [-0.2, -0.15) is 0 Å². The minimum absolute atomic E-state index is 0.108. The van der Waals surface area contributed by atoms with Gasteiger partial charge in [0.2, 0.25) is 0 Å². The van der Waals surface area contributed by atoms with E-state index in [1.807, 2.05) is 84.9 Å². The molecule has 9 heteroatoms. The van der Waals surface area contributed by atoms with Crippen LogP contribution in [0.1, 0.15) is 33.8 Å². The molecule has 1 aliphatic rings. The van der Waals surface area contributed by atoms with Crippen molar-refractivity contribution in [1.29, 1.82) is 0 Å². The highest BCUT2D eigenvalue weighted by atomic mass is 16.6. The minimum Gasteiger partial charge on any atom is -0.458 e. The zero-order chi connectivity index (χ0) is 29.8. The highest BCUT2D eigenvalue weighted by Gasteiger charge is 2.38. The van der Waals surface area contributed by atoms with Crippen molar-refractivity contribution in [2.45, 2.75) is 25.0 Å². The van der Waals surface area contributed by atoms with Gasteiger partial charge in [-0.3, -0.25) is 10.1 Å². The molecule has 2 atom stereocenters. The summed E-state index contributed by atoms with van der Waals surface area (Å²) in [6.07, 6.45) is -0.616. The third-order valence-electron chi connectivity index (χ3n) is 7.76. The smallest absolute Gasteiger partial charge is 0.410 e. The van der Waals surface area contributed by atoms with Gasteiger partial charge in [-0.25, -0.2) is 9.59 Å². The van der Waals surface area contributed by atoms with Crippen LogP contribution in [0.3, 0.4) is 0 Å². The van der Waals surface area contributed by atoms with Gasteiger partial charge in [0.15, 0.2) is 0 Å². The highest BCUT2D eigenvalue weighted by Crippen LogP contribution is 2.41. The van der Waals surface area contributed by atoms with Gasteiger partial charge < -0.3 is 19.4 Å². The maximum atomic E-state index is 13.3. The predicted molar refractivity (Wildman–Crippen MR) is 162 cm³/mol. The number of H-pyrrole nitrogens is 1. The van der Waals surface area contributed by atoms with E-state index in [4.69, 9.17) is 9.47 Å². The number of non-ortho nitro benzene ring substituents is 1. The zero-order valence-corrected chi connectivity index (χ0v) is 23.2. The molecule has 6 rings (SSSR count). The fourth-order valence-corrected chi connectivity index (χ4v) is 5.63. The van der Waals surface area contributed by atoms with Crippen LogP contribution in [0, 0.1) is 10.1 Å². The number of piperidine rings is 1. The fraction of sp³-hybridized carbons (Fsp3) is 0.176. The quantitative estimate of drug-likeness (QED) is 0.126. The van der Waals surface area contributed by atoms with Crippen molar-refractivity contribution >= 4 is 28.7 Å².